The maximum atomic E-state index is 11.3. The van der Waals surface area contributed by atoms with E-state index in [1.54, 1.807) is 18.7 Å². The van der Waals surface area contributed by atoms with Crippen LogP contribution in [0.3, 0.4) is 0 Å². The second-order valence-electron chi connectivity index (χ2n) is 2.27. The lowest BCUT2D eigenvalue weighted by Gasteiger charge is -2.14. The summed E-state index contributed by atoms with van der Waals surface area (Å²) in [4.78, 5) is 12.3. The predicted molar refractivity (Wildman–Crippen MR) is 50.2 cm³/mol. The lowest BCUT2D eigenvalue weighted by atomic mass is 10.5. The van der Waals surface area contributed by atoms with Crippen LogP contribution < -0.4 is 0 Å². The summed E-state index contributed by atoms with van der Waals surface area (Å²) in [5.74, 6) is 0.906. The maximum Gasteiger partial charge on any atom is 0.347 e. The first-order valence-electron chi connectivity index (χ1n) is 3.47. The molecule has 0 aliphatic carbocycles. The summed E-state index contributed by atoms with van der Waals surface area (Å²) >= 11 is 1.56. The Labute approximate surface area is 78.0 Å². The van der Waals surface area contributed by atoms with Gasteiger partial charge in [0.15, 0.2) is 0 Å². The number of rotatable bonds is 1. The van der Waals surface area contributed by atoms with Crippen molar-refractivity contribution in [1.29, 1.82) is 0 Å². The van der Waals surface area contributed by atoms with Crippen molar-refractivity contribution < 1.29 is 13.7 Å². The van der Waals surface area contributed by atoms with Gasteiger partial charge in [0, 0.05) is 16.4 Å². The number of carbonyl (C=O) groups is 1. The Bertz CT molecular complexity index is 257. The van der Waals surface area contributed by atoms with Crippen LogP contribution in [-0.2, 0) is 20.3 Å². The molecule has 1 rings (SSSR count). The molecule has 5 heteroatoms. The van der Waals surface area contributed by atoms with E-state index in [2.05, 4.69) is 4.74 Å². The Hall–Kier alpha value is -0.290. The molecule has 1 unspecified atom stereocenters. The Morgan fingerprint density at radius 2 is 2.33 bits per heavy atom. The van der Waals surface area contributed by atoms with E-state index in [4.69, 9.17) is 0 Å². The average molecular weight is 206 g/mol. The van der Waals surface area contributed by atoms with Crippen LogP contribution in [0.1, 0.15) is 6.92 Å². The first-order valence-corrected chi connectivity index (χ1v) is 5.77. The second kappa shape index (κ2) is 4.09. The number of hydrogen-bond acceptors (Lipinski definition) is 4. The van der Waals surface area contributed by atoms with Gasteiger partial charge in [-0.1, -0.05) is 0 Å². The van der Waals surface area contributed by atoms with Crippen molar-refractivity contribution in [2.45, 2.75) is 6.92 Å². The van der Waals surface area contributed by atoms with Gasteiger partial charge in [-0.3, -0.25) is 4.21 Å². The first kappa shape index (κ1) is 9.80. The van der Waals surface area contributed by atoms with Crippen molar-refractivity contribution in [3.8, 4) is 0 Å². The number of ether oxygens (including phenoxy) is 1. The van der Waals surface area contributed by atoms with Crippen molar-refractivity contribution >= 4 is 28.5 Å². The average Bonchev–Trinajstić information content (AvgIpc) is 2.03. The van der Waals surface area contributed by atoms with Gasteiger partial charge in [-0.05, 0) is 6.92 Å². The number of methoxy groups -OCH3 is 1. The summed E-state index contributed by atoms with van der Waals surface area (Å²) in [6.07, 6.45) is 0. The molecule has 0 saturated carbocycles. The molecular weight excluding hydrogens is 196 g/mol. The molecule has 12 heavy (non-hydrogen) atoms. The van der Waals surface area contributed by atoms with Crippen LogP contribution in [0.25, 0.3) is 0 Å². The highest BCUT2D eigenvalue weighted by molar-refractivity contribution is 8.06. The van der Waals surface area contributed by atoms with Crippen LogP contribution in [0, 0.1) is 0 Å². The summed E-state index contributed by atoms with van der Waals surface area (Å²) in [5, 5.41) is 0. The van der Waals surface area contributed by atoms with Crippen molar-refractivity contribution in [3.05, 3.63) is 9.81 Å². The highest BCUT2D eigenvalue weighted by Crippen LogP contribution is 2.27. The van der Waals surface area contributed by atoms with Gasteiger partial charge in [-0.15, -0.1) is 11.8 Å². The summed E-state index contributed by atoms with van der Waals surface area (Å²) in [6, 6.07) is 0. The SMILES string of the molecule is COC(=O)C1=C(C)SCCS1=O. The standard InChI is InChI=1S/C7H10O3S2/c1-5-6(7(8)10-2)12(9)4-3-11-5/h3-4H2,1-2H3. The quantitative estimate of drug-likeness (QED) is 0.597. The first-order chi connectivity index (χ1) is 5.66. The Morgan fingerprint density at radius 1 is 1.67 bits per heavy atom. The number of allylic oxidation sites excluding steroid dienone is 1. The third-order valence-electron chi connectivity index (χ3n) is 1.51. The summed E-state index contributed by atoms with van der Waals surface area (Å²) in [6.45, 7) is 1.80. The molecule has 0 spiro atoms. The van der Waals surface area contributed by atoms with E-state index >= 15 is 0 Å². The van der Waals surface area contributed by atoms with Gasteiger partial charge in [0.1, 0.15) is 4.91 Å². The predicted octanol–water partition coefficient (Wildman–Crippen LogP) is 0.886. The molecule has 1 aliphatic rings. The van der Waals surface area contributed by atoms with Gasteiger partial charge < -0.3 is 4.74 Å². The molecule has 0 aromatic heterocycles. The zero-order valence-corrected chi connectivity index (χ0v) is 8.59. The second-order valence-corrected chi connectivity index (χ2v) is 5.09. The molecule has 0 bridgehead atoms. The Kier molecular flexibility index (Phi) is 3.34. The zero-order valence-electron chi connectivity index (χ0n) is 6.96. The molecular formula is C7H10O3S2. The van der Waals surface area contributed by atoms with E-state index in [0.717, 1.165) is 10.7 Å². The number of thioether (sulfide) groups is 1. The van der Waals surface area contributed by atoms with Gasteiger partial charge in [-0.25, -0.2) is 4.79 Å². The van der Waals surface area contributed by atoms with Crippen molar-refractivity contribution in [2.75, 3.05) is 18.6 Å². The fourth-order valence-corrected chi connectivity index (χ4v) is 3.64. The van der Waals surface area contributed by atoms with Gasteiger partial charge in [0.2, 0.25) is 0 Å². The molecule has 1 atom stereocenters. The molecule has 1 heterocycles. The van der Waals surface area contributed by atoms with Crippen molar-refractivity contribution in [3.63, 3.8) is 0 Å². The fraction of sp³-hybridized carbons (Fsp3) is 0.571. The van der Waals surface area contributed by atoms with Crippen LogP contribution in [0.15, 0.2) is 9.81 Å². The summed E-state index contributed by atoms with van der Waals surface area (Å²) < 4.78 is 15.9. The minimum atomic E-state index is -1.15. The molecule has 1 aliphatic heterocycles. The monoisotopic (exact) mass is 206 g/mol. The molecule has 68 valence electrons. The maximum absolute atomic E-state index is 11.3. The van der Waals surface area contributed by atoms with Crippen LogP contribution in [0.5, 0.6) is 0 Å². The minimum absolute atomic E-state index is 0.341. The van der Waals surface area contributed by atoms with E-state index in [1.165, 1.54) is 7.11 Å². The number of carbonyl (C=O) groups excluding carboxylic acids is 1. The third-order valence-corrected chi connectivity index (χ3v) is 4.44. The summed E-state index contributed by atoms with van der Waals surface area (Å²) in [5.41, 5.74) is 0. The van der Waals surface area contributed by atoms with Gasteiger partial charge in [0.05, 0.1) is 17.9 Å². The highest BCUT2D eigenvalue weighted by atomic mass is 32.2. The number of hydrogen-bond donors (Lipinski definition) is 0. The topological polar surface area (TPSA) is 43.4 Å². The molecule has 0 saturated heterocycles. The smallest absolute Gasteiger partial charge is 0.347 e. The molecule has 0 fully saturated rings. The normalized spacial score (nSPS) is 24.0. The molecule has 0 radical (unpaired) electrons. The third kappa shape index (κ3) is 1.90. The molecule has 3 nitrogen and oxygen atoms in total. The fourth-order valence-electron chi connectivity index (χ4n) is 0.928. The molecule has 0 aromatic carbocycles. The van der Waals surface area contributed by atoms with E-state index in [1.807, 2.05) is 0 Å². The van der Waals surface area contributed by atoms with E-state index in [0.29, 0.717) is 10.7 Å². The van der Waals surface area contributed by atoms with Gasteiger partial charge in [-0.2, -0.15) is 0 Å². The molecule has 0 amide bonds. The van der Waals surface area contributed by atoms with Crippen LogP contribution in [-0.4, -0.2) is 28.8 Å². The van der Waals surface area contributed by atoms with E-state index in [-0.39, 0.29) is 0 Å². The van der Waals surface area contributed by atoms with Crippen LogP contribution >= 0.6 is 11.8 Å². The van der Waals surface area contributed by atoms with Crippen LogP contribution in [0.4, 0.5) is 0 Å². The largest absolute Gasteiger partial charge is 0.465 e. The number of esters is 1. The minimum Gasteiger partial charge on any atom is -0.465 e. The lowest BCUT2D eigenvalue weighted by Crippen LogP contribution is -2.18. The van der Waals surface area contributed by atoms with E-state index in [9.17, 15) is 9.00 Å². The zero-order chi connectivity index (χ0) is 9.14. The van der Waals surface area contributed by atoms with Crippen molar-refractivity contribution in [1.82, 2.24) is 0 Å². The van der Waals surface area contributed by atoms with Gasteiger partial charge in [0.25, 0.3) is 0 Å². The molecule has 0 N–H and O–H groups in total. The highest BCUT2D eigenvalue weighted by Gasteiger charge is 2.24. The van der Waals surface area contributed by atoms with E-state index < -0.39 is 16.8 Å². The Balaban J connectivity index is 2.96. The van der Waals surface area contributed by atoms with Crippen LogP contribution in [0.2, 0.25) is 0 Å². The van der Waals surface area contributed by atoms with Crippen molar-refractivity contribution in [2.24, 2.45) is 0 Å². The Morgan fingerprint density at radius 3 is 2.83 bits per heavy atom. The summed E-state index contributed by atoms with van der Waals surface area (Å²) in [7, 11) is 0.151. The lowest BCUT2D eigenvalue weighted by molar-refractivity contribution is -0.135. The van der Waals surface area contributed by atoms with Gasteiger partial charge >= 0.3 is 5.97 Å². The molecule has 0 aromatic rings.